The first-order chi connectivity index (χ1) is 9.65. The van der Waals surface area contributed by atoms with Crippen molar-refractivity contribution in [2.45, 2.75) is 26.7 Å². The maximum atomic E-state index is 12.4. The van der Waals surface area contributed by atoms with Crippen LogP contribution in [0.1, 0.15) is 37.0 Å². The number of carbonyl (C=O) groups is 1. The minimum absolute atomic E-state index is 0.0367. The van der Waals surface area contributed by atoms with Gasteiger partial charge in [-0.05, 0) is 24.3 Å². The molecule has 1 N–H and O–H groups in total. The Morgan fingerprint density at radius 3 is 2.65 bits per heavy atom. The van der Waals surface area contributed by atoms with Gasteiger partial charge in [-0.2, -0.15) is 0 Å². The molecule has 0 spiro atoms. The Kier molecular flexibility index (Phi) is 5.22. The number of thiophene rings is 1. The van der Waals surface area contributed by atoms with Gasteiger partial charge in [0.15, 0.2) is 0 Å². The van der Waals surface area contributed by atoms with E-state index >= 15 is 0 Å². The van der Waals surface area contributed by atoms with E-state index in [9.17, 15) is 4.79 Å². The molecule has 1 amide bonds. The van der Waals surface area contributed by atoms with Gasteiger partial charge in [-0.3, -0.25) is 4.79 Å². The van der Waals surface area contributed by atoms with Crippen LogP contribution in [0, 0.1) is 5.41 Å². The van der Waals surface area contributed by atoms with E-state index in [1.165, 1.54) is 0 Å². The van der Waals surface area contributed by atoms with E-state index < -0.39 is 0 Å². The number of rotatable bonds is 6. The van der Waals surface area contributed by atoms with Gasteiger partial charge >= 0.3 is 0 Å². The Morgan fingerprint density at radius 1 is 1.30 bits per heavy atom. The van der Waals surface area contributed by atoms with E-state index in [1.54, 1.807) is 11.3 Å². The van der Waals surface area contributed by atoms with Gasteiger partial charge in [-0.25, -0.2) is 0 Å². The van der Waals surface area contributed by atoms with Gasteiger partial charge < -0.3 is 5.32 Å². The summed E-state index contributed by atoms with van der Waals surface area (Å²) in [5.41, 5.74) is 0.947. The highest BCUT2D eigenvalue weighted by Crippen LogP contribution is 2.29. The van der Waals surface area contributed by atoms with Gasteiger partial charge in [0.1, 0.15) is 0 Å². The molecule has 0 aliphatic carbocycles. The van der Waals surface area contributed by atoms with Crippen LogP contribution in [-0.2, 0) is 0 Å². The van der Waals surface area contributed by atoms with Gasteiger partial charge in [0.2, 0.25) is 0 Å². The van der Waals surface area contributed by atoms with Crippen molar-refractivity contribution in [1.29, 1.82) is 0 Å². The lowest BCUT2D eigenvalue weighted by Gasteiger charge is -2.29. The summed E-state index contributed by atoms with van der Waals surface area (Å²) in [6, 6.07) is 8.05. The molecule has 0 bridgehead atoms. The molecule has 0 atom stereocenters. The molecule has 4 heteroatoms. The first-order valence-electron chi connectivity index (χ1n) is 6.96. The number of alkyl halides is 1. The number of halogens is 1. The molecule has 0 saturated carbocycles. The summed E-state index contributed by atoms with van der Waals surface area (Å²) in [6.45, 7) is 5.07. The molecular weight excluding hydrogens is 334 g/mol. The van der Waals surface area contributed by atoms with Crippen LogP contribution in [0.4, 0.5) is 0 Å². The number of nitrogens with one attached hydrogen (secondary N) is 1. The maximum Gasteiger partial charge on any atom is 0.252 e. The zero-order valence-corrected chi connectivity index (χ0v) is 14.3. The lowest BCUT2D eigenvalue weighted by molar-refractivity contribution is 0.0934. The second-order valence-electron chi connectivity index (χ2n) is 5.17. The predicted octanol–water partition coefficient (Wildman–Crippen LogP) is 4.83. The number of benzene rings is 1. The molecule has 108 valence electrons. The SMILES string of the molecule is CCC(CC)(CBr)CNC(=O)c1csc2ccccc12. The van der Waals surface area contributed by atoms with Crippen LogP contribution in [0.5, 0.6) is 0 Å². The minimum atomic E-state index is 0.0367. The highest BCUT2D eigenvalue weighted by atomic mass is 79.9. The molecule has 20 heavy (non-hydrogen) atoms. The van der Waals surface area contributed by atoms with Crippen molar-refractivity contribution in [3.63, 3.8) is 0 Å². The summed E-state index contributed by atoms with van der Waals surface area (Å²) in [5.74, 6) is 0.0367. The standard InChI is InChI=1S/C16H20BrNOS/c1-3-16(4-2,10-17)11-18-15(19)13-9-20-14-8-6-5-7-12(13)14/h5-9H,3-4,10-11H2,1-2H3,(H,18,19). The van der Waals surface area contributed by atoms with Crippen LogP contribution >= 0.6 is 27.3 Å². The molecular formula is C16H20BrNOS. The number of hydrogen-bond acceptors (Lipinski definition) is 2. The maximum absolute atomic E-state index is 12.4. The number of fused-ring (bicyclic) bond motifs is 1. The summed E-state index contributed by atoms with van der Waals surface area (Å²) < 4.78 is 1.16. The highest BCUT2D eigenvalue weighted by molar-refractivity contribution is 9.09. The van der Waals surface area contributed by atoms with Crippen LogP contribution in [0.3, 0.4) is 0 Å². The van der Waals surface area contributed by atoms with E-state index in [-0.39, 0.29) is 11.3 Å². The topological polar surface area (TPSA) is 29.1 Å². The number of carbonyl (C=O) groups excluding carboxylic acids is 1. The Labute approximate surface area is 132 Å². The lowest BCUT2D eigenvalue weighted by Crippen LogP contribution is -2.38. The molecule has 0 unspecified atom stereocenters. The van der Waals surface area contributed by atoms with Gasteiger partial charge in [0.05, 0.1) is 5.56 Å². The Bertz CT molecular complexity index is 581. The molecule has 0 radical (unpaired) electrons. The largest absolute Gasteiger partial charge is 0.351 e. The summed E-state index contributed by atoms with van der Waals surface area (Å²) in [6.07, 6.45) is 2.11. The van der Waals surface area contributed by atoms with Crippen LogP contribution < -0.4 is 5.32 Å². The van der Waals surface area contributed by atoms with Gasteiger partial charge in [-0.1, -0.05) is 48.0 Å². The van der Waals surface area contributed by atoms with E-state index in [0.29, 0.717) is 6.54 Å². The van der Waals surface area contributed by atoms with Crippen molar-refractivity contribution < 1.29 is 4.79 Å². The van der Waals surface area contributed by atoms with Crippen molar-refractivity contribution >= 4 is 43.3 Å². The summed E-state index contributed by atoms with van der Waals surface area (Å²) >= 11 is 5.21. The molecule has 0 fully saturated rings. The Hall–Kier alpha value is -0.870. The smallest absolute Gasteiger partial charge is 0.252 e. The Balaban J connectivity index is 2.13. The van der Waals surface area contributed by atoms with Crippen LogP contribution in [-0.4, -0.2) is 17.8 Å². The normalized spacial score (nSPS) is 11.8. The van der Waals surface area contributed by atoms with Gasteiger partial charge in [-0.15, -0.1) is 11.3 Å². The highest BCUT2D eigenvalue weighted by Gasteiger charge is 2.25. The Morgan fingerprint density at radius 2 is 2.00 bits per heavy atom. The van der Waals surface area contributed by atoms with Gasteiger partial charge in [0, 0.05) is 27.3 Å². The fourth-order valence-electron chi connectivity index (χ4n) is 2.25. The van der Waals surface area contributed by atoms with Crippen molar-refractivity contribution in [2.24, 2.45) is 5.41 Å². The monoisotopic (exact) mass is 353 g/mol. The van der Waals surface area contributed by atoms with Crippen molar-refractivity contribution in [3.05, 3.63) is 35.2 Å². The molecule has 1 heterocycles. The van der Waals surface area contributed by atoms with Crippen LogP contribution in [0.25, 0.3) is 10.1 Å². The van der Waals surface area contributed by atoms with Crippen LogP contribution in [0.2, 0.25) is 0 Å². The van der Waals surface area contributed by atoms with Crippen molar-refractivity contribution in [1.82, 2.24) is 5.32 Å². The first-order valence-corrected chi connectivity index (χ1v) is 8.96. The summed E-state index contributed by atoms with van der Waals surface area (Å²) in [4.78, 5) is 12.4. The lowest BCUT2D eigenvalue weighted by atomic mass is 9.84. The van der Waals surface area contributed by atoms with Crippen molar-refractivity contribution in [3.8, 4) is 0 Å². The second kappa shape index (κ2) is 6.72. The molecule has 2 aromatic rings. The van der Waals surface area contributed by atoms with Gasteiger partial charge in [0.25, 0.3) is 5.91 Å². The third kappa shape index (κ3) is 3.07. The van der Waals surface area contributed by atoms with Crippen LogP contribution in [0.15, 0.2) is 29.6 Å². The first kappa shape index (κ1) is 15.5. The van der Waals surface area contributed by atoms with E-state index in [1.807, 2.05) is 23.6 Å². The third-order valence-corrected chi connectivity index (χ3v) is 6.29. The minimum Gasteiger partial charge on any atom is -0.351 e. The molecule has 2 rings (SSSR count). The predicted molar refractivity (Wildman–Crippen MR) is 91.0 cm³/mol. The van der Waals surface area contributed by atoms with E-state index in [4.69, 9.17) is 0 Å². The quantitative estimate of drug-likeness (QED) is 0.740. The average Bonchev–Trinajstić information content (AvgIpc) is 2.93. The molecule has 1 aromatic heterocycles. The van der Waals surface area contributed by atoms with E-state index in [0.717, 1.165) is 33.8 Å². The molecule has 0 aliphatic rings. The van der Waals surface area contributed by atoms with Crippen molar-refractivity contribution in [2.75, 3.05) is 11.9 Å². The zero-order valence-electron chi connectivity index (χ0n) is 11.9. The molecule has 0 aliphatic heterocycles. The summed E-state index contributed by atoms with van der Waals surface area (Å²) in [7, 11) is 0. The molecule has 0 saturated heterocycles. The molecule has 1 aromatic carbocycles. The number of hydrogen-bond donors (Lipinski definition) is 1. The third-order valence-electron chi connectivity index (χ3n) is 4.13. The fraction of sp³-hybridized carbons (Fsp3) is 0.438. The van der Waals surface area contributed by atoms with E-state index in [2.05, 4.69) is 41.2 Å². The zero-order chi connectivity index (χ0) is 14.6. The average molecular weight is 354 g/mol. The number of amides is 1. The summed E-state index contributed by atoms with van der Waals surface area (Å²) in [5, 5.41) is 7.02. The molecule has 2 nitrogen and oxygen atoms in total. The fourth-order valence-corrected chi connectivity index (χ4v) is 4.19. The second-order valence-corrected chi connectivity index (χ2v) is 6.64.